The number of halogens is 1. The Balaban J connectivity index is 1.18. The number of carbonyl (C=O) groups is 1. The van der Waals surface area contributed by atoms with Crippen LogP contribution in [0.2, 0.25) is 0 Å². The summed E-state index contributed by atoms with van der Waals surface area (Å²) in [5.74, 6) is 1.35. The van der Waals surface area contributed by atoms with Gasteiger partial charge in [0.25, 0.3) is 0 Å². The Labute approximate surface area is 194 Å². The van der Waals surface area contributed by atoms with Crippen LogP contribution in [-0.2, 0) is 17.8 Å². The van der Waals surface area contributed by atoms with Gasteiger partial charge in [-0.1, -0.05) is 43.3 Å². The zero-order valence-electron chi connectivity index (χ0n) is 19.3. The minimum atomic E-state index is -0.304. The number of rotatable bonds is 8. The number of piperazine rings is 1. The lowest BCUT2D eigenvalue weighted by molar-refractivity contribution is -0.133. The number of carbonyl (C=O) groups excluding carboxylic acids is 1. The highest BCUT2D eigenvalue weighted by Gasteiger charge is 2.21. The highest BCUT2D eigenvalue weighted by Crippen LogP contribution is 2.18. The van der Waals surface area contributed by atoms with Crippen molar-refractivity contribution >= 4 is 5.91 Å². The molecular formula is C26H31FN4O2. The van der Waals surface area contributed by atoms with Crippen LogP contribution in [0, 0.1) is 5.82 Å². The first-order chi connectivity index (χ1) is 16.0. The van der Waals surface area contributed by atoms with Crippen LogP contribution in [0.4, 0.5) is 4.39 Å². The van der Waals surface area contributed by atoms with Crippen LogP contribution < -0.4 is 0 Å². The van der Waals surface area contributed by atoms with E-state index in [0.717, 1.165) is 32.7 Å². The quantitative estimate of drug-likeness (QED) is 0.499. The van der Waals surface area contributed by atoms with E-state index >= 15 is 0 Å². The zero-order valence-corrected chi connectivity index (χ0v) is 19.3. The normalized spacial score (nSPS) is 14.7. The van der Waals surface area contributed by atoms with Crippen LogP contribution in [0.3, 0.4) is 0 Å². The van der Waals surface area contributed by atoms with E-state index in [0.29, 0.717) is 42.5 Å². The summed E-state index contributed by atoms with van der Waals surface area (Å²) in [4.78, 5) is 21.3. The van der Waals surface area contributed by atoms with Crippen molar-refractivity contribution < 1.29 is 13.7 Å². The van der Waals surface area contributed by atoms with Crippen molar-refractivity contribution in [1.82, 2.24) is 19.9 Å². The second kappa shape index (κ2) is 10.7. The molecule has 0 saturated carbocycles. The molecule has 2 aromatic carbocycles. The topological polar surface area (TPSA) is 62.5 Å². The van der Waals surface area contributed by atoms with Crippen molar-refractivity contribution in [2.24, 2.45) is 0 Å². The zero-order chi connectivity index (χ0) is 23.2. The maximum Gasteiger partial charge on any atom is 0.226 e. The predicted octanol–water partition coefficient (Wildman–Crippen LogP) is 4.67. The number of nitrogens with zero attached hydrogens (tertiary/aromatic N) is 4. The highest BCUT2D eigenvalue weighted by atomic mass is 19.1. The van der Waals surface area contributed by atoms with Crippen LogP contribution in [0.5, 0.6) is 0 Å². The summed E-state index contributed by atoms with van der Waals surface area (Å²) < 4.78 is 18.3. The predicted molar refractivity (Wildman–Crippen MR) is 125 cm³/mol. The third-order valence-electron chi connectivity index (χ3n) is 6.13. The van der Waals surface area contributed by atoms with Gasteiger partial charge in [-0.2, -0.15) is 4.98 Å². The molecule has 1 aromatic heterocycles. The highest BCUT2D eigenvalue weighted by molar-refractivity contribution is 5.76. The summed E-state index contributed by atoms with van der Waals surface area (Å²) >= 11 is 0. The molecular weight excluding hydrogens is 419 g/mol. The monoisotopic (exact) mass is 450 g/mol. The molecule has 2 heterocycles. The smallest absolute Gasteiger partial charge is 0.226 e. The Morgan fingerprint density at radius 3 is 2.39 bits per heavy atom. The fourth-order valence-electron chi connectivity index (χ4n) is 4.04. The molecule has 3 aromatic rings. The largest absolute Gasteiger partial charge is 0.340 e. The van der Waals surface area contributed by atoms with E-state index in [1.54, 1.807) is 12.1 Å². The van der Waals surface area contributed by atoms with E-state index < -0.39 is 0 Å². The number of amides is 1. The molecule has 0 N–H and O–H groups in total. The second-order valence-corrected chi connectivity index (χ2v) is 8.93. The first-order valence-corrected chi connectivity index (χ1v) is 11.7. The number of hydrogen-bond donors (Lipinski definition) is 0. The van der Waals surface area contributed by atoms with Gasteiger partial charge in [-0.3, -0.25) is 9.69 Å². The van der Waals surface area contributed by atoms with Gasteiger partial charge < -0.3 is 9.42 Å². The fraction of sp³-hybridized carbons (Fsp3) is 0.423. The van der Waals surface area contributed by atoms with Gasteiger partial charge in [-0.05, 0) is 47.7 Å². The molecule has 33 heavy (non-hydrogen) atoms. The van der Waals surface area contributed by atoms with Crippen molar-refractivity contribution in [2.75, 3.05) is 26.2 Å². The molecule has 0 radical (unpaired) electrons. The van der Waals surface area contributed by atoms with Crippen LogP contribution in [0.1, 0.15) is 49.6 Å². The van der Waals surface area contributed by atoms with Crippen molar-refractivity contribution in [2.45, 2.75) is 45.6 Å². The Kier molecular flexibility index (Phi) is 7.50. The van der Waals surface area contributed by atoms with E-state index in [1.165, 1.54) is 23.3 Å². The molecule has 4 rings (SSSR count). The molecule has 1 aliphatic heterocycles. The minimum Gasteiger partial charge on any atom is -0.340 e. The average molecular weight is 451 g/mol. The first kappa shape index (κ1) is 23.1. The van der Waals surface area contributed by atoms with Gasteiger partial charge in [-0.15, -0.1) is 0 Å². The minimum absolute atomic E-state index is 0.175. The Morgan fingerprint density at radius 1 is 1.03 bits per heavy atom. The van der Waals surface area contributed by atoms with E-state index in [9.17, 15) is 9.18 Å². The van der Waals surface area contributed by atoms with Crippen molar-refractivity contribution in [1.29, 1.82) is 0 Å². The maximum atomic E-state index is 13.1. The standard InChI is InChI=1S/C26H31FN4O2/c1-19(2)21-8-6-20(7-9-21)18-30-14-16-31(17-15-30)25(32)5-3-4-24-28-26(29-33-24)22-10-12-23(27)13-11-22/h6-13,19H,3-5,14-18H2,1-2H3. The summed E-state index contributed by atoms with van der Waals surface area (Å²) in [6.45, 7) is 8.64. The van der Waals surface area contributed by atoms with Crippen molar-refractivity contribution in [3.63, 3.8) is 0 Å². The number of aromatic nitrogens is 2. The SMILES string of the molecule is CC(C)c1ccc(CN2CCN(C(=O)CCCc3nc(-c4ccc(F)cc4)no3)CC2)cc1. The lowest BCUT2D eigenvalue weighted by Crippen LogP contribution is -2.48. The summed E-state index contributed by atoms with van der Waals surface area (Å²) in [7, 11) is 0. The third-order valence-corrected chi connectivity index (χ3v) is 6.13. The lowest BCUT2D eigenvalue weighted by Gasteiger charge is -2.34. The number of benzene rings is 2. The van der Waals surface area contributed by atoms with Crippen molar-refractivity contribution in [3.8, 4) is 11.4 Å². The van der Waals surface area contributed by atoms with Gasteiger partial charge >= 0.3 is 0 Å². The van der Waals surface area contributed by atoms with Crippen molar-refractivity contribution in [3.05, 3.63) is 71.4 Å². The van der Waals surface area contributed by atoms with Gasteiger partial charge in [0.1, 0.15) is 5.82 Å². The molecule has 1 fully saturated rings. The molecule has 0 spiro atoms. The molecule has 0 bridgehead atoms. The van der Waals surface area contributed by atoms with E-state index in [2.05, 4.69) is 53.2 Å². The molecule has 1 aliphatic rings. The van der Waals surface area contributed by atoms with Gasteiger partial charge in [-0.25, -0.2) is 4.39 Å². The van der Waals surface area contributed by atoms with E-state index in [1.807, 2.05) is 4.90 Å². The maximum absolute atomic E-state index is 13.1. The molecule has 1 amide bonds. The van der Waals surface area contributed by atoms with Gasteiger partial charge in [0.15, 0.2) is 0 Å². The first-order valence-electron chi connectivity index (χ1n) is 11.7. The van der Waals surface area contributed by atoms with Crippen LogP contribution in [0.15, 0.2) is 53.1 Å². The summed E-state index contributed by atoms with van der Waals surface area (Å²) in [6.07, 6.45) is 1.67. The lowest BCUT2D eigenvalue weighted by atomic mass is 10.0. The fourth-order valence-corrected chi connectivity index (χ4v) is 4.04. The molecule has 0 atom stereocenters. The van der Waals surface area contributed by atoms with Gasteiger partial charge in [0.2, 0.25) is 17.6 Å². The molecule has 0 aliphatic carbocycles. The second-order valence-electron chi connectivity index (χ2n) is 8.93. The summed E-state index contributed by atoms with van der Waals surface area (Å²) in [5, 5.41) is 3.95. The van der Waals surface area contributed by atoms with Gasteiger partial charge in [0.05, 0.1) is 0 Å². The van der Waals surface area contributed by atoms with Crippen LogP contribution >= 0.6 is 0 Å². The van der Waals surface area contributed by atoms with Crippen LogP contribution in [-0.4, -0.2) is 52.0 Å². The molecule has 6 nitrogen and oxygen atoms in total. The molecule has 1 saturated heterocycles. The van der Waals surface area contributed by atoms with E-state index in [-0.39, 0.29) is 11.7 Å². The Bertz CT molecular complexity index is 1040. The van der Waals surface area contributed by atoms with Gasteiger partial charge in [0, 0.05) is 51.1 Å². The van der Waals surface area contributed by atoms with Crippen LogP contribution in [0.25, 0.3) is 11.4 Å². The Hall–Kier alpha value is -3.06. The summed E-state index contributed by atoms with van der Waals surface area (Å²) in [6, 6.07) is 14.8. The number of hydrogen-bond acceptors (Lipinski definition) is 5. The average Bonchev–Trinajstić information content (AvgIpc) is 3.29. The Morgan fingerprint density at radius 2 is 1.73 bits per heavy atom. The molecule has 7 heteroatoms. The third kappa shape index (κ3) is 6.26. The van der Waals surface area contributed by atoms with E-state index in [4.69, 9.17) is 4.52 Å². The number of aryl methyl sites for hydroxylation is 1. The molecule has 0 unspecified atom stereocenters. The molecule has 174 valence electrons. The summed E-state index contributed by atoms with van der Waals surface area (Å²) in [5.41, 5.74) is 3.39.